The molecule has 1 aromatic rings. The molecular weight excluding hydrogens is 302 g/mol. The van der Waals surface area contributed by atoms with Crippen LogP contribution in [0.3, 0.4) is 0 Å². The van der Waals surface area contributed by atoms with Crippen LogP contribution in [-0.2, 0) is 13.1 Å². The fourth-order valence-electron chi connectivity index (χ4n) is 2.73. The lowest BCUT2D eigenvalue weighted by Crippen LogP contribution is -2.54. The third-order valence-corrected chi connectivity index (χ3v) is 4.92. The molecule has 2 unspecified atom stereocenters. The molecule has 106 valence electrons. The van der Waals surface area contributed by atoms with Gasteiger partial charge in [-0.3, -0.25) is 9.80 Å². The van der Waals surface area contributed by atoms with Gasteiger partial charge in [-0.2, -0.15) is 0 Å². The van der Waals surface area contributed by atoms with Crippen LogP contribution >= 0.6 is 15.9 Å². The standard InChI is InChI=1S/C15H24BrN3/c1-11-8-19(9-12(2)18(11)3)10-14-5-4-13(7-17)6-15(14)16/h4-6,11-12H,7-10,17H2,1-3H3. The molecule has 0 spiro atoms. The third kappa shape index (κ3) is 3.57. The van der Waals surface area contributed by atoms with E-state index in [1.807, 2.05) is 0 Å². The van der Waals surface area contributed by atoms with Gasteiger partial charge in [0.1, 0.15) is 0 Å². The van der Waals surface area contributed by atoms with Gasteiger partial charge in [0.25, 0.3) is 0 Å². The first kappa shape index (κ1) is 15.0. The Hall–Kier alpha value is -0.420. The first-order chi connectivity index (χ1) is 9.01. The van der Waals surface area contributed by atoms with Crippen molar-refractivity contribution in [2.45, 2.75) is 39.0 Å². The highest BCUT2D eigenvalue weighted by atomic mass is 79.9. The number of rotatable bonds is 3. The minimum Gasteiger partial charge on any atom is -0.326 e. The molecule has 2 N–H and O–H groups in total. The van der Waals surface area contributed by atoms with Gasteiger partial charge in [0, 0.05) is 42.7 Å². The molecule has 1 saturated heterocycles. The van der Waals surface area contributed by atoms with E-state index in [-0.39, 0.29) is 0 Å². The van der Waals surface area contributed by atoms with Crippen LogP contribution in [0.4, 0.5) is 0 Å². The average molecular weight is 326 g/mol. The molecule has 1 heterocycles. The second-order valence-electron chi connectivity index (χ2n) is 5.69. The van der Waals surface area contributed by atoms with Crippen LogP contribution in [0.2, 0.25) is 0 Å². The lowest BCUT2D eigenvalue weighted by molar-refractivity contribution is 0.0555. The minimum atomic E-state index is 0.599. The molecule has 19 heavy (non-hydrogen) atoms. The largest absolute Gasteiger partial charge is 0.326 e. The maximum Gasteiger partial charge on any atom is 0.0246 e. The Balaban J connectivity index is 2.05. The molecule has 0 aliphatic carbocycles. The highest BCUT2D eigenvalue weighted by Crippen LogP contribution is 2.22. The fourth-order valence-corrected chi connectivity index (χ4v) is 3.28. The summed E-state index contributed by atoms with van der Waals surface area (Å²) in [6, 6.07) is 7.69. The maximum absolute atomic E-state index is 5.67. The van der Waals surface area contributed by atoms with Crippen LogP contribution in [0, 0.1) is 0 Å². The zero-order chi connectivity index (χ0) is 14.0. The molecular formula is C15H24BrN3. The maximum atomic E-state index is 5.67. The Kier molecular flexibility index (Phi) is 5.01. The summed E-state index contributed by atoms with van der Waals surface area (Å²) in [5.74, 6) is 0. The predicted octanol–water partition coefficient (Wildman–Crippen LogP) is 2.43. The molecule has 0 amide bonds. The SMILES string of the molecule is CC1CN(Cc2ccc(CN)cc2Br)CC(C)N1C. The number of nitrogens with zero attached hydrogens (tertiary/aromatic N) is 2. The molecule has 0 aromatic heterocycles. The summed E-state index contributed by atoms with van der Waals surface area (Å²) in [6.45, 7) is 8.47. The fraction of sp³-hybridized carbons (Fsp3) is 0.600. The van der Waals surface area contributed by atoms with Crippen molar-refractivity contribution in [2.24, 2.45) is 5.73 Å². The van der Waals surface area contributed by atoms with Crippen LogP contribution < -0.4 is 5.73 Å². The van der Waals surface area contributed by atoms with Gasteiger partial charge in [0.2, 0.25) is 0 Å². The predicted molar refractivity (Wildman–Crippen MR) is 84.0 cm³/mol. The zero-order valence-electron chi connectivity index (χ0n) is 12.1. The third-order valence-electron chi connectivity index (χ3n) is 4.18. The van der Waals surface area contributed by atoms with Crippen LogP contribution in [0.25, 0.3) is 0 Å². The van der Waals surface area contributed by atoms with Crippen molar-refractivity contribution in [3.8, 4) is 0 Å². The van der Waals surface area contributed by atoms with E-state index in [1.165, 1.54) is 15.6 Å². The average Bonchev–Trinajstić information content (AvgIpc) is 2.38. The van der Waals surface area contributed by atoms with E-state index in [0.29, 0.717) is 18.6 Å². The van der Waals surface area contributed by atoms with E-state index >= 15 is 0 Å². The highest BCUT2D eigenvalue weighted by molar-refractivity contribution is 9.10. The number of hydrogen-bond donors (Lipinski definition) is 1. The first-order valence-corrected chi connectivity index (χ1v) is 7.72. The summed E-state index contributed by atoms with van der Waals surface area (Å²) < 4.78 is 1.18. The second-order valence-corrected chi connectivity index (χ2v) is 6.54. The molecule has 1 aromatic carbocycles. The van der Waals surface area contributed by atoms with E-state index in [1.54, 1.807) is 0 Å². The molecule has 1 aliphatic rings. The number of benzene rings is 1. The molecule has 2 atom stereocenters. The Morgan fingerprint density at radius 1 is 1.26 bits per heavy atom. The summed E-state index contributed by atoms with van der Waals surface area (Å²) in [6.07, 6.45) is 0. The van der Waals surface area contributed by atoms with Crippen molar-refractivity contribution in [2.75, 3.05) is 20.1 Å². The van der Waals surface area contributed by atoms with Gasteiger partial charge in [-0.25, -0.2) is 0 Å². The molecule has 2 rings (SSSR count). The lowest BCUT2D eigenvalue weighted by atomic mass is 10.1. The van der Waals surface area contributed by atoms with Crippen molar-refractivity contribution in [1.82, 2.24) is 9.80 Å². The minimum absolute atomic E-state index is 0.599. The van der Waals surface area contributed by atoms with Gasteiger partial charge in [-0.15, -0.1) is 0 Å². The summed E-state index contributed by atoms with van der Waals surface area (Å²) >= 11 is 3.66. The number of nitrogens with two attached hydrogens (primary N) is 1. The van der Waals surface area contributed by atoms with Gasteiger partial charge in [-0.1, -0.05) is 28.1 Å². The van der Waals surface area contributed by atoms with Crippen molar-refractivity contribution in [1.29, 1.82) is 0 Å². The van der Waals surface area contributed by atoms with E-state index in [0.717, 1.165) is 19.6 Å². The highest BCUT2D eigenvalue weighted by Gasteiger charge is 2.26. The van der Waals surface area contributed by atoms with E-state index < -0.39 is 0 Å². The van der Waals surface area contributed by atoms with Gasteiger partial charge >= 0.3 is 0 Å². The van der Waals surface area contributed by atoms with E-state index in [4.69, 9.17) is 5.73 Å². The number of likely N-dealkylation sites (N-methyl/N-ethyl adjacent to an activating group) is 1. The van der Waals surface area contributed by atoms with Gasteiger partial charge < -0.3 is 5.73 Å². The van der Waals surface area contributed by atoms with E-state index in [2.05, 4.69) is 64.8 Å². The zero-order valence-corrected chi connectivity index (χ0v) is 13.7. The lowest BCUT2D eigenvalue weighted by Gasteiger charge is -2.42. The quantitative estimate of drug-likeness (QED) is 0.926. The smallest absolute Gasteiger partial charge is 0.0246 e. The van der Waals surface area contributed by atoms with Crippen LogP contribution in [0.5, 0.6) is 0 Å². The molecule has 0 saturated carbocycles. The number of piperazine rings is 1. The number of hydrogen-bond acceptors (Lipinski definition) is 3. The summed E-state index contributed by atoms with van der Waals surface area (Å²) in [5, 5.41) is 0. The van der Waals surface area contributed by atoms with Crippen molar-refractivity contribution in [3.05, 3.63) is 33.8 Å². The van der Waals surface area contributed by atoms with Crippen molar-refractivity contribution < 1.29 is 0 Å². The Bertz CT molecular complexity index is 423. The van der Waals surface area contributed by atoms with Gasteiger partial charge in [-0.05, 0) is 38.1 Å². The molecule has 0 bridgehead atoms. The topological polar surface area (TPSA) is 32.5 Å². The molecule has 3 nitrogen and oxygen atoms in total. The first-order valence-electron chi connectivity index (χ1n) is 6.93. The van der Waals surface area contributed by atoms with Crippen LogP contribution in [0.15, 0.2) is 22.7 Å². The Morgan fingerprint density at radius 3 is 2.42 bits per heavy atom. The molecule has 4 heteroatoms. The second kappa shape index (κ2) is 6.35. The van der Waals surface area contributed by atoms with Gasteiger partial charge in [0.05, 0.1) is 0 Å². The number of halogens is 1. The van der Waals surface area contributed by atoms with E-state index in [9.17, 15) is 0 Å². The Labute approximate surface area is 124 Å². The summed E-state index contributed by atoms with van der Waals surface area (Å²) in [5.41, 5.74) is 8.19. The molecule has 1 fully saturated rings. The summed E-state index contributed by atoms with van der Waals surface area (Å²) in [4.78, 5) is 5.00. The molecule has 0 radical (unpaired) electrons. The van der Waals surface area contributed by atoms with Crippen LogP contribution in [-0.4, -0.2) is 42.0 Å². The van der Waals surface area contributed by atoms with Gasteiger partial charge in [0.15, 0.2) is 0 Å². The van der Waals surface area contributed by atoms with Crippen molar-refractivity contribution >= 4 is 15.9 Å². The van der Waals surface area contributed by atoms with Crippen LogP contribution in [0.1, 0.15) is 25.0 Å². The summed E-state index contributed by atoms with van der Waals surface area (Å²) in [7, 11) is 2.22. The monoisotopic (exact) mass is 325 g/mol. The molecule has 1 aliphatic heterocycles. The normalized spacial score (nSPS) is 25.7. The Morgan fingerprint density at radius 2 is 1.89 bits per heavy atom. The van der Waals surface area contributed by atoms with Crippen molar-refractivity contribution in [3.63, 3.8) is 0 Å².